The van der Waals surface area contributed by atoms with Gasteiger partial charge < -0.3 is 14.2 Å². The number of ether oxygens (including phenoxy) is 3. The number of piperidine rings is 1. The molecule has 256 valence electrons. The van der Waals surface area contributed by atoms with E-state index in [1.165, 1.54) is 0 Å². The van der Waals surface area contributed by atoms with Crippen LogP contribution < -0.4 is 9.47 Å². The van der Waals surface area contributed by atoms with Crippen molar-refractivity contribution in [2.75, 3.05) is 20.8 Å². The van der Waals surface area contributed by atoms with E-state index in [0.717, 1.165) is 88.1 Å². The van der Waals surface area contributed by atoms with Gasteiger partial charge >= 0.3 is 6.09 Å². The zero-order chi connectivity index (χ0) is 35.0. The number of fused-ring (bicyclic) bond motifs is 2. The third-order valence-corrected chi connectivity index (χ3v) is 9.62. The molecule has 2 aromatic carbocycles. The van der Waals surface area contributed by atoms with Crippen LogP contribution in [0.1, 0.15) is 80.8 Å². The SMILES string of the molecule is COc1ccc(Cn2nc(-c3ccc(C4CCCCN4C(=O)OC(C)(C)C)nc3)c3nc(-c4cccc5c4CCC5C#N)c(OC)cc32)cc1. The molecule has 0 spiro atoms. The summed E-state index contributed by atoms with van der Waals surface area (Å²) in [5.74, 6) is 1.31. The first-order chi connectivity index (χ1) is 24.2. The minimum Gasteiger partial charge on any atom is -0.497 e. The molecule has 1 aliphatic carbocycles. The van der Waals surface area contributed by atoms with E-state index < -0.39 is 5.60 Å². The highest BCUT2D eigenvalue weighted by Crippen LogP contribution is 2.42. The van der Waals surface area contributed by atoms with Crippen molar-refractivity contribution in [3.63, 3.8) is 0 Å². The number of likely N-dealkylation sites (tertiary alicyclic amines) is 1. The van der Waals surface area contributed by atoms with E-state index in [4.69, 9.17) is 29.3 Å². The van der Waals surface area contributed by atoms with Crippen LogP contribution in [0, 0.1) is 11.3 Å². The van der Waals surface area contributed by atoms with Gasteiger partial charge in [0, 0.05) is 29.9 Å². The maximum atomic E-state index is 13.1. The summed E-state index contributed by atoms with van der Waals surface area (Å²) in [6.07, 6.45) is 5.90. The van der Waals surface area contributed by atoms with Crippen LogP contribution in [0.2, 0.25) is 0 Å². The fourth-order valence-electron chi connectivity index (χ4n) is 7.18. The zero-order valence-electron chi connectivity index (χ0n) is 29.3. The predicted octanol–water partition coefficient (Wildman–Crippen LogP) is 8.24. The second kappa shape index (κ2) is 13.5. The highest BCUT2D eigenvalue weighted by Gasteiger charge is 2.33. The van der Waals surface area contributed by atoms with Gasteiger partial charge in [0.05, 0.1) is 50.0 Å². The molecule has 0 bridgehead atoms. The summed E-state index contributed by atoms with van der Waals surface area (Å²) in [5.41, 5.74) is 8.27. The number of nitrogens with zero attached hydrogens (tertiary/aromatic N) is 6. The highest BCUT2D eigenvalue weighted by molar-refractivity contribution is 5.93. The summed E-state index contributed by atoms with van der Waals surface area (Å²) in [5, 5.41) is 14.9. The number of benzene rings is 2. The Hall–Kier alpha value is -5.43. The molecule has 10 heteroatoms. The lowest BCUT2D eigenvalue weighted by Gasteiger charge is -2.36. The largest absolute Gasteiger partial charge is 0.497 e. The molecule has 3 aromatic heterocycles. The van der Waals surface area contributed by atoms with Crippen LogP contribution in [0.15, 0.2) is 66.9 Å². The molecular formula is C40H42N6O4. The van der Waals surface area contributed by atoms with Gasteiger partial charge in [-0.25, -0.2) is 9.78 Å². The first-order valence-electron chi connectivity index (χ1n) is 17.2. The zero-order valence-corrected chi connectivity index (χ0v) is 29.3. The van der Waals surface area contributed by atoms with Gasteiger partial charge in [0.25, 0.3) is 0 Å². The van der Waals surface area contributed by atoms with Crippen molar-refractivity contribution in [3.8, 4) is 40.1 Å². The van der Waals surface area contributed by atoms with Gasteiger partial charge in [-0.05, 0) is 93.8 Å². The Bertz CT molecular complexity index is 2080. The molecule has 1 amide bonds. The molecule has 1 fully saturated rings. The van der Waals surface area contributed by atoms with Gasteiger partial charge in [0.15, 0.2) is 0 Å². The summed E-state index contributed by atoms with van der Waals surface area (Å²) in [6.45, 7) is 6.80. The van der Waals surface area contributed by atoms with E-state index in [0.29, 0.717) is 24.5 Å². The van der Waals surface area contributed by atoms with Gasteiger partial charge in [-0.3, -0.25) is 14.6 Å². The summed E-state index contributed by atoms with van der Waals surface area (Å²) >= 11 is 0. The Morgan fingerprint density at radius 3 is 2.52 bits per heavy atom. The number of rotatable bonds is 7. The van der Waals surface area contributed by atoms with Crippen LogP contribution in [0.5, 0.6) is 11.5 Å². The average Bonchev–Trinajstić information content (AvgIpc) is 3.71. The summed E-state index contributed by atoms with van der Waals surface area (Å²) in [4.78, 5) is 25.2. The second-order valence-corrected chi connectivity index (χ2v) is 14.0. The minimum absolute atomic E-state index is 0.123. The van der Waals surface area contributed by atoms with E-state index in [1.54, 1.807) is 14.2 Å². The normalized spacial score (nSPS) is 17.3. The van der Waals surface area contributed by atoms with E-state index in [1.807, 2.05) is 91.1 Å². The third kappa shape index (κ3) is 6.36. The van der Waals surface area contributed by atoms with Gasteiger partial charge in [-0.2, -0.15) is 10.4 Å². The van der Waals surface area contributed by atoms with E-state index in [-0.39, 0.29) is 18.1 Å². The second-order valence-electron chi connectivity index (χ2n) is 14.0. The molecule has 2 aliphatic rings. The first kappa shape index (κ1) is 33.1. The standard InChI is InChI=1S/C40H42N6O4/c1-40(2,3)50-39(47)45-20-7-6-11-33(45)32-19-15-27(23-42-32)36-38-34(46(44-36)24-25-12-16-28(48-4)17-13-25)21-35(49-5)37(43-38)31-10-8-9-29-26(22-41)14-18-30(29)31/h8-10,12-13,15-17,19,21,23,26,33H,6-7,11,14,18,20,24H2,1-5H3. The minimum atomic E-state index is -0.576. The lowest BCUT2D eigenvalue weighted by Crippen LogP contribution is -2.42. The van der Waals surface area contributed by atoms with Crippen LogP contribution in [0.3, 0.4) is 0 Å². The number of carbonyl (C=O) groups excluding carboxylic acids is 1. The molecule has 1 saturated heterocycles. The third-order valence-electron chi connectivity index (χ3n) is 9.62. The molecule has 7 rings (SSSR count). The van der Waals surface area contributed by atoms with Crippen molar-refractivity contribution in [2.24, 2.45) is 0 Å². The summed E-state index contributed by atoms with van der Waals surface area (Å²) in [7, 11) is 3.32. The van der Waals surface area contributed by atoms with Crippen molar-refractivity contribution in [3.05, 3.63) is 89.2 Å². The molecule has 0 radical (unpaired) electrons. The fourth-order valence-corrected chi connectivity index (χ4v) is 7.18. The molecule has 2 unspecified atom stereocenters. The Kier molecular flexibility index (Phi) is 8.91. The monoisotopic (exact) mass is 670 g/mol. The van der Waals surface area contributed by atoms with Crippen molar-refractivity contribution in [2.45, 2.75) is 77.0 Å². The lowest BCUT2D eigenvalue weighted by molar-refractivity contribution is 0.00900. The van der Waals surface area contributed by atoms with E-state index in [9.17, 15) is 10.1 Å². The van der Waals surface area contributed by atoms with Crippen LogP contribution in [0.4, 0.5) is 4.79 Å². The maximum absolute atomic E-state index is 13.1. The predicted molar refractivity (Wildman–Crippen MR) is 191 cm³/mol. The van der Waals surface area contributed by atoms with Crippen molar-refractivity contribution in [1.82, 2.24) is 24.6 Å². The molecule has 10 nitrogen and oxygen atoms in total. The van der Waals surface area contributed by atoms with Gasteiger partial charge in [0.1, 0.15) is 34.0 Å². The number of aromatic nitrogens is 4. The topological polar surface area (TPSA) is 115 Å². The molecule has 2 atom stereocenters. The van der Waals surface area contributed by atoms with Crippen molar-refractivity contribution >= 4 is 17.1 Å². The van der Waals surface area contributed by atoms with Gasteiger partial charge in [0.2, 0.25) is 0 Å². The molecule has 50 heavy (non-hydrogen) atoms. The number of hydrogen-bond donors (Lipinski definition) is 0. The Morgan fingerprint density at radius 1 is 1.00 bits per heavy atom. The number of methoxy groups -OCH3 is 2. The van der Waals surface area contributed by atoms with Gasteiger partial charge in [-0.1, -0.05) is 30.3 Å². The van der Waals surface area contributed by atoms with E-state index >= 15 is 0 Å². The van der Waals surface area contributed by atoms with Crippen LogP contribution in [0.25, 0.3) is 33.5 Å². The Morgan fingerprint density at radius 2 is 1.82 bits per heavy atom. The Labute approximate surface area is 292 Å². The lowest BCUT2D eigenvalue weighted by atomic mass is 9.97. The van der Waals surface area contributed by atoms with Crippen molar-refractivity contribution < 1.29 is 19.0 Å². The summed E-state index contributed by atoms with van der Waals surface area (Å²) < 4.78 is 19.0. The number of nitriles is 1. The van der Waals surface area contributed by atoms with Gasteiger partial charge in [-0.15, -0.1) is 0 Å². The molecule has 5 aromatic rings. The van der Waals surface area contributed by atoms with Crippen LogP contribution in [-0.4, -0.2) is 57.1 Å². The molecular weight excluding hydrogens is 628 g/mol. The Balaban J connectivity index is 1.32. The fraction of sp³-hybridized carbons (Fsp3) is 0.375. The summed E-state index contributed by atoms with van der Waals surface area (Å²) in [6, 6.07) is 22.4. The number of hydrogen-bond acceptors (Lipinski definition) is 8. The highest BCUT2D eigenvalue weighted by atomic mass is 16.6. The molecule has 0 saturated carbocycles. The van der Waals surface area contributed by atoms with E-state index in [2.05, 4.69) is 12.1 Å². The number of amides is 1. The van der Waals surface area contributed by atoms with Crippen molar-refractivity contribution in [1.29, 1.82) is 5.26 Å². The number of carbonyl (C=O) groups is 1. The average molecular weight is 671 g/mol. The smallest absolute Gasteiger partial charge is 0.410 e. The molecule has 1 aliphatic heterocycles. The molecule has 0 N–H and O–H groups in total. The van der Waals surface area contributed by atoms with Crippen LogP contribution in [-0.2, 0) is 17.7 Å². The quantitative estimate of drug-likeness (QED) is 0.170. The number of pyridine rings is 2. The maximum Gasteiger partial charge on any atom is 0.410 e. The molecule has 4 heterocycles. The van der Waals surface area contributed by atoms with Crippen LogP contribution >= 0.6 is 0 Å². The first-order valence-corrected chi connectivity index (χ1v) is 17.2.